The summed E-state index contributed by atoms with van der Waals surface area (Å²) in [5, 5.41) is 13.6. The van der Waals surface area contributed by atoms with Gasteiger partial charge in [0.15, 0.2) is 9.84 Å². The molecule has 2 heterocycles. The monoisotopic (exact) mass is 270 g/mol. The Morgan fingerprint density at radius 1 is 1.39 bits per heavy atom. The first-order valence-electron chi connectivity index (χ1n) is 6.02. The molecule has 7 heteroatoms. The first kappa shape index (κ1) is 11.7. The molecule has 1 N–H and O–H groups in total. The second-order valence-corrected chi connectivity index (χ2v) is 7.16. The normalized spacial score (nSPS) is 25.2. The highest BCUT2D eigenvalue weighted by molar-refractivity contribution is 7.91. The highest BCUT2D eigenvalue weighted by Crippen LogP contribution is 2.31. The van der Waals surface area contributed by atoms with Crippen LogP contribution in [-0.2, 0) is 22.7 Å². The van der Waals surface area contributed by atoms with Gasteiger partial charge in [0, 0.05) is 5.56 Å². The zero-order valence-corrected chi connectivity index (χ0v) is 10.6. The molecule has 0 bridgehead atoms. The van der Waals surface area contributed by atoms with Crippen LogP contribution in [0.15, 0.2) is 0 Å². The summed E-state index contributed by atoms with van der Waals surface area (Å²) in [5.41, 5.74) is 1.83. The lowest BCUT2D eigenvalue weighted by Gasteiger charge is -2.11. The molecule has 98 valence electrons. The number of hydrogen-bond acceptors (Lipinski definition) is 4. The zero-order valence-electron chi connectivity index (χ0n) is 9.79. The number of nitrogens with zero attached hydrogens (tertiary/aromatic N) is 2. The average molecular weight is 270 g/mol. The van der Waals surface area contributed by atoms with Crippen molar-refractivity contribution in [3.63, 3.8) is 0 Å². The van der Waals surface area contributed by atoms with E-state index in [-0.39, 0.29) is 23.2 Å². The molecule has 1 aliphatic carbocycles. The summed E-state index contributed by atoms with van der Waals surface area (Å²) in [6.07, 6.45) is 2.92. The number of fused-ring (bicyclic) bond motifs is 1. The van der Waals surface area contributed by atoms with Crippen LogP contribution in [0.4, 0.5) is 0 Å². The lowest BCUT2D eigenvalue weighted by Crippen LogP contribution is -2.19. The molecular weight excluding hydrogens is 256 g/mol. The van der Waals surface area contributed by atoms with Crippen LogP contribution >= 0.6 is 0 Å². The molecule has 2 aliphatic rings. The Kier molecular flexibility index (Phi) is 2.48. The quantitative estimate of drug-likeness (QED) is 0.841. The molecule has 1 aliphatic heterocycles. The lowest BCUT2D eigenvalue weighted by molar-refractivity contribution is 0.0679. The van der Waals surface area contributed by atoms with E-state index in [9.17, 15) is 18.3 Å². The summed E-state index contributed by atoms with van der Waals surface area (Å²) in [5.74, 6) is -0.871. The van der Waals surface area contributed by atoms with E-state index < -0.39 is 15.8 Å². The zero-order chi connectivity index (χ0) is 12.9. The van der Waals surface area contributed by atoms with Crippen LogP contribution in [-0.4, -0.2) is 40.8 Å². The number of sulfone groups is 1. The highest BCUT2D eigenvalue weighted by atomic mass is 32.2. The van der Waals surface area contributed by atoms with Crippen LogP contribution in [0.3, 0.4) is 0 Å². The molecule has 1 aromatic heterocycles. The van der Waals surface area contributed by atoms with Crippen molar-refractivity contribution >= 4 is 15.8 Å². The number of aryl methyl sites for hydroxylation is 1. The lowest BCUT2D eigenvalue weighted by atomic mass is 10.2. The number of carboxylic acid groups (broad SMARTS) is 1. The minimum absolute atomic E-state index is 0.00778. The van der Waals surface area contributed by atoms with Gasteiger partial charge in [0.25, 0.3) is 0 Å². The standard InChI is InChI=1S/C11H14N2O4S/c14-11(15)10-8-2-1-3-9(8)12-13(10)7-4-5-18(16,17)6-7/h7H,1-6H2,(H,14,15). The number of aromatic nitrogens is 2. The van der Waals surface area contributed by atoms with Crippen LogP contribution in [0, 0.1) is 0 Å². The summed E-state index contributed by atoms with van der Waals surface area (Å²) in [6, 6.07) is -0.313. The third kappa shape index (κ3) is 1.73. The van der Waals surface area contributed by atoms with Gasteiger partial charge in [-0.25, -0.2) is 13.2 Å². The number of carboxylic acids is 1. The van der Waals surface area contributed by atoms with Crippen molar-refractivity contribution in [3.8, 4) is 0 Å². The van der Waals surface area contributed by atoms with E-state index in [1.54, 1.807) is 0 Å². The Labute approximate surface area is 105 Å². The molecule has 1 saturated heterocycles. The van der Waals surface area contributed by atoms with Gasteiger partial charge in [-0.15, -0.1) is 0 Å². The van der Waals surface area contributed by atoms with Crippen molar-refractivity contribution in [2.45, 2.75) is 31.7 Å². The number of hydrogen-bond donors (Lipinski definition) is 1. The van der Waals surface area contributed by atoms with Crippen molar-refractivity contribution < 1.29 is 18.3 Å². The molecule has 1 aromatic rings. The first-order valence-corrected chi connectivity index (χ1v) is 7.84. The molecular formula is C11H14N2O4S. The topological polar surface area (TPSA) is 89.3 Å². The van der Waals surface area contributed by atoms with Crippen LogP contribution in [0.1, 0.15) is 40.6 Å². The van der Waals surface area contributed by atoms with E-state index in [2.05, 4.69) is 5.10 Å². The van der Waals surface area contributed by atoms with Gasteiger partial charge in [-0.2, -0.15) is 5.10 Å². The van der Waals surface area contributed by atoms with E-state index in [4.69, 9.17) is 0 Å². The van der Waals surface area contributed by atoms with Crippen LogP contribution in [0.2, 0.25) is 0 Å². The minimum atomic E-state index is -3.03. The maximum Gasteiger partial charge on any atom is 0.354 e. The SMILES string of the molecule is O=C(O)c1c2c(nn1C1CCS(=O)(=O)C1)CCC2. The fraction of sp³-hybridized carbons (Fsp3) is 0.636. The number of aromatic carboxylic acids is 1. The summed E-state index contributed by atoms with van der Waals surface area (Å²) in [4.78, 5) is 11.4. The maximum atomic E-state index is 11.5. The van der Waals surface area contributed by atoms with E-state index in [1.165, 1.54) is 4.68 Å². The van der Waals surface area contributed by atoms with Crippen molar-refractivity contribution in [2.75, 3.05) is 11.5 Å². The average Bonchev–Trinajstić information content (AvgIpc) is 2.88. The maximum absolute atomic E-state index is 11.5. The van der Waals surface area contributed by atoms with Gasteiger partial charge in [-0.05, 0) is 25.7 Å². The Morgan fingerprint density at radius 2 is 2.17 bits per heavy atom. The van der Waals surface area contributed by atoms with Gasteiger partial charge in [0.2, 0.25) is 0 Å². The van der Waals surface area contributed by atoms with E-state index in [0.29, 0.717) is 6.42 Å². The van der Waals surface area contributed by atoms with Gasteiger partial charge in [0.05, 0.1) is 23.2 Å². The Bertz CT molecular complexity index is 617. The van der Waals surface area contributed by atoms with Crippen molar-refractivity contribution in [1.82, 2.24) is 9.78 Å². The third-order valence-electron chi connectivity index (χ3n) is 3.69. The van der Waals surface area contributed by atoms with E-state index in [1.807, 2.05) is 0 Å². The molecule has 18 heavy (non-hydrogen) atoms. The first-order chi connectivity index (χ1) is 8.48. The van der Waals surface area contributed by atoms with Crippen LogP contribution in [0.5, 0.6) is 0 Å². The summed E-state index contributed by atoms with van der Waals surface area (Å²) in [7, 11) is -3.03. The van der Waals surface area contributed by atoms with Gasteiger partial charge < -0.3 is 5.11 Å². The van der Waals surface area contributed by atoms with Crippen molar-refractivity contribution in [1.29, 1.82) is 0 Å². The van der Waals surface area contributed by atoms with Gasteiger partial charge in [-0.1, -0.05) is 0 Å². The second kappa shape index (κ2) is 3.81. The largest absolute Gasteiger partial charge is 0.477 e. The van der Waals surface area contributed by atoms with Crippen LogP contribution < -0.4 is 0 Å². The molecule has 1 atom stereocenters. The van der Waals surface area contributed by atoms with Gasteiger partial charge >= 0.3 is 5.97 Å². The summed E-state index contributed by atoms with van der Waals surface area (Å²) < 4.78 is 24.4. The Balaban J connectivity index is 2.05. The predicted octanol–water partition coefficient (Wildman–Crippen LogP) is 0.430. The summed E-state index contributed by atoms with van der Waals surface area (Å²) >= 11 is 0. The number of rotatable bonds is 2. The van der Waals surface area contributed by atoms with Gasteiger partial charge in [0.1, 0.15) is 5.69 Å². The van der Waals surface area contributed by atoms with E-state index in [0.717, 1.165) is 30.5 Å². The molecule has 3 rings (SSSR count). The fourth-order valence-electron chi connectivity index (χ4n) is 2.87. The minimum Gasteiger partial charge on any atom is -0.477 e. The molecule has 1 fully saturated rings. The molecule has 0 spiro atoms. The Hall–Kier alpha value is -1.37. The van der Waals surface area contributed by atoms with Crippen LogP contribution in [0.25, 0.3) is 0 Å². The predicted molar refractivity (Wildman–Crippen MR) is 63.5 cm³/mol. The molecule has 1 unspecified atom stereocenters. The summed E-state index contributed by atoms with van der Waals surface area (Å²) in [6.45, 7) is 0. The van der Waals surface area contributed by atoms with Crippen molar-refractivity contribution in [3.05, 3.63) is 17.0 Å². The molecule has 0 amide bonds. The smallest absolute Gasteiger partial charge is 0.354 e. The highest BCUT2D eigenvalue weighted by Gasteiger charge is 2.35. The second-order valence-electron chi connectivity index (χ2n) is 4.93. The van der Waals surface area contributed by atoms with E-state index >= 15 is 0 Å². The van der Waals surface area contributed by atoms with Crippen molar-refractivity contribution in [2.24, 2.45) is 0 Å². The molecule has 0 radical (unpaired) electrons. The molecule has 0 aromatic carbocycles. The Morgan fingerprint density at radius 3 is 2.78 bits per heavy atom. The fourth-order valence-corrected chi connectivity index (χ4v) is 4.56. The molecule has 6 nitrogen and oxygen atoms in total. The number of carbonyl (C=O) groups is 1. The third-order valence-corrected chi connectivity index (χ3v) is 5.44. The van der Waals surface area contributed by atoms with Gasteiger partial charge in [-0.3, -0.25) is 4.68 Å². The molecule has 0 saturated carbocycles.